The van der Waals surface area contributed by atoms with Gasteiger partial charge < -0.3 is 10.0 Å². The Kier molecular flexibility index (Phi) is 4.14. The summed E-state index contributed by atoms with van der Waals surface area (Å²) in [4.78, 5) is 18.2. The van der Waals surface area contributed by atoms with E-state index in [0.717, 1.165) is 18.2 Å². The van der Waals surface area contributed by atoms with Crippen LogP contribution in [0.3, 0.4) is 0 Å². The lowest BCUT2D eigenvalue weighted by Crippen LogP contribution is -2.22. The van der Waals surface area contributed by atoms with Crippen LogP contribution in [0.15, 0.2) is 0 Å². The van der Waals surface area contributed by atoms with Crippen LogP contribution in [-0.2, 0) is 5.41 Å². The highest BCUT2D eigenvalue weighted by Gasteiger charge is 2.27. The standard InChI is InChI=1S/C12H20N2O2S/c1-6-14(7-2)11-13-9(12(3,4)5)8(17-11)10(15)16/h6-7H2,1-5H3,(H,15,16). The number of rotatable bonds is 4. The second-order valence-electron chi connectivity index (χ2n) is 4.90. The van der Waals surface area contributed by atoms with Gasteiger partial charge in [0.25, 0.3) is 0 Å². The maximum atomic E-state index is 11.2. The highest BCUT2D eigenvalue weighted by atomic mass is 32.1. The molecular formula is C12H20N2O2S. The Morgan fingerprint density at radius 2 is 1.88 bits per heavy atom. The van der Waals surface area contributed by atoms with Gasteiger partial charge >= 0.3 is 5.97 Å². The van der Waals surface area contributed by atoms with Crippen LogP contribution in [0.2, 0.25) is 0 Å². The number of aromatic nitrogens is 1. The molecule has 0 aliphatic carbocycles. The van der Waals surface area contributed by atoms with Gasteiger partial charge in [-0.15, -0.1) is 0 Å². The lowest BCUT2D eigenvalue weighted by Gasteiger charge is -2.18. The monoisotopic (exact) mass is 256 g/mol. The molecule has 0 saturated carbocycles. The first kappa shape index (κ1) is 14.0. The summed E-state index contributed by atoms with van der Waals surface area (Å²) in [5.74, 6) is -0.883. The van der Waals surface area contributed by atoms with Crippen LogP contribution < -0.4 is 4.90 Å². The zero-order valence-electron chi connectivity index (χ0n) is 11.1. The molecule has 0 unspecified atom stereocenters. The molecule has 0 radical (unpaired) electrons. The van der Waals surface area contributed by atoms with Gasteiger partial charge in [-0.25, -0.2) is 9.78 Å². The molecule has 5 heteroatoms. The van der Waals surface area contributed by atoms with Crippen molar-refractivity contribution in [2.75, 3.05) is 18.0 Å². The number of thiazole rings is 1. The van der Waals surface area contributed by atoms with Crippen molar-refractivity contribution in [1.29, 1.82) is 0 Å². The van der Waals surface area contributed by atoms with E-state index in [9.17, 15) is 9.90 Å². The third kappa shape index (κ3) is 2.97. The fraction of sp³-hybridized carbons (Fsp3) is 0.667. The number of anilines is 1. The van der Waals surface area contributed by atoms with Gasteiger partial charge in [0.15, 0.2) is 5.13 Å². The van der Waals surface area contributed by atoms with E-state index < -0.39 is 5.97 Å². The van der Waals surface area contributed by atoms with E-state index in [-0.39, 0.29) is 5.41 Å². The van der Waals surface area contributed by atoms with Crippen molar-refractivity contribution in [3.05, 3.63) is 10.6 Å². The Morgan fingerprint density at radius 1 is 1.35 bits per heavy atom. The van der Waals surface area contributed by atoms with E-state index in [0.29, 0.717) is 10.6 Å². The lowest BCUT2D eigenvalue weighted by molar-refractivity contribution is 0.0699. The van der Waals surface area contributed by atoms with Crippen molar-refractivity contribution in [3.8, 4) is 0 Å². The van der Waals surface area contributed by atoms with Crippen LogP contribution in [0.5, 0.6) is 0 Å². The van der Waals surface area contributed by atoms with Crippen LogP contribution in [0, 0.1) is 0 Å². The lowest BCUT2D eigenvalue weighted by atomic mass is 9.91. The summed E-state index contributed by atoms with van der Waals surface area (Å²) in [5.41, 5.74) is 0.437. The second kappa shape index (κ2) is 5.04. The highest BCUT2D eigenvalue weighted by Crippen LogP contribution is 2.33. The molecule has 96 valence electrons. The SMILES string of the molecule is CCN(CC)c1nc(C(C)(C)C)c(C(=O)O)s1. The Morgan fingerprint density at radius 3 is 2.18 bits per heavy atom. The average Bonchev–Trinajstić information content (AvgIpc) is 2.64. The Bertz CT molecular complexity index is 403. The van der Waals surface area contributed by atoms with Gasteiger partial charge in [-0.2, -0.15) is 0 Å². The number of hydrogen-bond acceptors (Lipinski definition) is 4. The smallest absolute Gasteiger partial charge is 0.347 e. The van der Waals surface area contributed by atoms with Crippen molar-refractivity contribution in [1.82, 2.24) is 4.98 Å². The van der Waals surface area contributed by atoms with Gasteiger partial charge in [0.05, 0.1) is 5.69 Å². The Balaban J connectivity index is 3.26. The van der Waals surface area contributed by atoms with Crippen molar-refractivity contribution in [2.45, 2.75) is 40.0 Å². The molecule has 0 saturated heterocycles. The quantitative estimate of drug-likeness (QED) is 0.899. The average molecular weight is 256 g/mol. The van der Waals surface area contributed by atoms with E-state index >= 15 is 0 Å². The topological polar surface area (TPSA) is 53.4 Å². The molecule has 0 atom stereocenters. The van der Waals surface area contributed by atoms with E-state index in [1.54, 1.807) is 0 Å². The summed E-state index contributed by atoms with van der Waals surface area (Å²) in [6, 6.07) is 0. The van der Waals surface area contributed by atoms with Gasteiger partial charge in [-0.3, -0.25) is 0 Å². The molecule has 0 aliphatic rings. The van der Waals surface area contributed by atoms with Crippen LogP contribution in [0.25, 0.3) is 0 Å². The van der Waals surface area contributed by atoms with E-state index in [4.69, 9.17) is 0 Å². The Labute approximate surface area is 106 Å². The summed E-state index contributed by atoms with van der Waals surface area (Å²) >= 11 is 1.27. The first-order valence-electron chi connectivity index (χ1n) is 5.80. The normalized spacial score (nSPS) is 11.6. The number of aromatic carboxylic acids is 1. The maximum absolute atomic E-state index is 11.2. The van der Waals surface area contributed by atoms with Crippen LogP contribution in [-0.4, -0.2) is 29.1 Å². The number of carbonyl (C=O) groups is 1. The van der Waals surface area contributed by atoms with Crippen LogP contribution in [0.1, 0.15) is 50.0 Å². The molecule has 0 aliphatic heterocycles. The van der Waals surface area contributed by atoms with E-state index in [2.05, 4.69) is 9.88 Å². The highest BCUT2D eigenvalue weighted by molar-refractivity contribution is 7.17. The zero-order chi connectivity index (χ0) is 13.2. The third-order valence-electron chi connectivity index (χ3n) is 2.55. The van der Waals surface area contributed by atoms with Crippen molar-refractivity contribution >= 4 is 22.4 Å². The summed E-state index contributed by atoms with van der Waals surface area (Å²) in [5, 5.41) is 10.0. The number of nitrogens with zero attached hydrogens (tertiary/aromatic N) is 2. The molecule has 0 bridgehead atoms. The summed E-state index contributed by atoms with van der Waals surface area (Å²) in [6.07, 6.45) is 0. The van der Waals surface area contributed by atoms with Crippen molar-refractivity contribution < 1.29 is 9.90 Å². The molecule has 1 heterocycles. The fourth-order valence-electron chi connectivity index (χ4n) is 1.59. The maximum Gasteiger partial charge on any atom is 0.347 e. The molecule has 0 aromatic carbocycles. The van der Waals surface area contributed by atoms with Crippen molar-refractivity contribution in [3.63, 3.8) is 0 Å². The molecule has 1 N–H and O–H groups in total. The minimum atomic E-state index is -0.883. The fourth-order valence-corrected chi connectivity index (χ4v) is 2.83. The van der Waals surface area contributed by atoms with Gasteiger partial charge in [0, 0.05) is 18.5 Å². The summed E-state index contributed by atoms with van der Waals surface area (Å²) in [7, 11) is 0. The molecule has 1 rings (SSSR count). The first-order chi connectivity index (χ1) is 7.81. The predicted octanol–water partition coefficient (Wildman–Crippen LogP) is 2.99. The first-order valence-corrected chi connectivity index (χ1v) is 6.62. The molecule has 4 nitrogen and oxygen atoms in total. The van der Waals surface area contributed by atoms with E-state index in [1.807, 2.05) is 34.6 Å². The van der Waals surface area contributed by atoms with Gasteiger partial charge in [-0.1, -0.05) is 32.1 Å². The van der Waals surface area contributed by atoms with Crippen LogP contribution >= 0.6 is 11.3 Å². The largest absolute Gasteiger partial charge is 0.477 e. The van der Waals surface area contributed by atoms with Crippen LogP contribution in [0.4, 0.5) is 5.13 Å². The zero-order valence-corrected chi connectivity index (χ0v) is 11.9. The molecule has 0 fully saturated rings. The predicted molar refractivity (Wildman–Crippen MR) is 71.3 cm³/mol. The third-order valence-corrected chi connectivity index (χ3v) is 3.66. The van der Waals surface area contributed by atoms with Gasteiger partial charge in [-0.05, 0) is 13.8 Å². The molecule has 17 heavy (non-hydrogen) atoms. The van der Waals surface area contributed by atoms with Crippen molar-refractivity contribution in [2.24, 2.45) is 0 Å². The molecule has 1 aromatic heterocycles. The Hall–Kier alpha value is -1.10. The molecular weight excluding hydrogens is 236 g/mol. The van der Waals surface area contributed by atoms with Gasteiger partial charge in [0.1, 0.15) is 4.88 Å². The molecule has 1 aromatic rings. The minimum Gasteiger partial charge on any atom is -0.477 e. The number of carboxylic acid groups (broad SMARTS) is 1. The summed E-state index contributed by atoms with van der Waals surface area (Å²) in [6.45, 7) is 11.7. The summed E-state index contributed by atoms with van der Waals surface area (Å²) < 4.78 is 0. The molecule has 0 amide bonds. The number of hydrogen-bond donors (Lipinski definition) is 1. The molecule has 0 spiro atoms. The van der Waals surface area contributed by atoms with E-state index in [1.165, 1.54) is 11.3 Å². The number of carboxylic acids is 1. The van der Waals surface area contributed by atoms with Gasteiger partial charge in [0.2, 0.25) is 0 Å². The minimum absolute atomic E-state index is 0.240. The second-order valence-corrected chi connectivity index (χ2v) is 5.88.